The van der Waals surface area contributed by atoms with E-state index in [-0.39, 0.29) is 17.7 Å². The molecule has 0 bridgehead atoms. The second-order valence-corrected chi connectivity index (χ2v) is 5.28. The quantitative estimate of drug-likeness (QED) is 0.813. The number of aliphatic hydroxyl groups excluding tert-OH is 1. The second kappa shape index (κ2) is 7.15. The van der Waals surface area contributed by atoms with Gasteiger partial charge in [0.25, 0.3) is 5.91 Å². The van der Waals surface area contributed by atoms with E-state index < -0.39 is 11.9 Å². The molecule has 0 aliphatic carbocycles. The van der Waals surface area contributed by atoms with Crippen molar-refractivity contribution in [1.82, 2.24) is 4.98 Å². The molecule has 114 valence electrons. The van der Waals surface area contributed by atoms with Crippen LogP contribution in [0.4, 0.5) is 5.69 Å². The maximum Gasteiger partial charge on any atom is 0.337 e. The van der Waals surface area contributed by atoms with E-state index >= 15 is 0 Å². The van der Waals surface area contributed by atoms with Crippen LogP contribution in [0.2, 0.25) is 0 Å². The molecule has 2 N–H and O–H groups in total. The summed E-state index contributed by atoms with van der Waals surface area (Å²) in [7, 11) is 1.27. The Kier molecular flexibility index (Phi) is 5.24. The van der Waals surface area contributed by atoms with Crippen LogP contribution in [0.15, 0.2) is 41.1 Å². The first-order chi connectivity index (χ1) is 10.5. The van der Waals surface area contributed by atoms with Gasteiger partial charge in [0.15, 0.2) is 0 Å². The van der Waals surface area contributed by atoms with Crippen molar-refractivity contribution in [3.63, 3.8) is 0 Å². The molecule has 0 atom stereocenters. The summed E-state index contributed by atoms with van der Waals surface area (Å²) in [5.74, 6) is -0.957. The molecule has 0 aliphatic rings. The Bertz CT molecular complexity index is 718. The number of amides is 1. The van der Waals surface area contributed by atoms with E-state index in [0.717, 1.165) is 0 Å². The molecule has 2 rings (SSSR count). The summed E-state index contributed by atoms with van der Waals surface area (Å²) >= 11 is 3.25. The lowest BCUT2D eigenvalue weighted by Gasteiger charge is -2.10. The number of pyridine rings is 1. The molecule has 0 saturated carbocycles. The molecule has 0 radical (unpaired) electrons. The van der Waals surface area contributed by atoms with Gasteiger partial charge in [-0.3, -0.25) is 9.78 Å². The predicted octanol–water partition coefficient (Wildman–Crippen LogP) is 2.38. The van der Waals surface area contributed by atoms with E-state index in [1.54, 1.807) is 18.2 Å². The Labute approximate surface area is 135 Å². The van der Waals surface area contributed by atoms with Gasteiger partial charge in [-0.1, -0.05) is 15.9 Å². The van der Waals surface area contributed by atoms with Gasteiger partial charge in [0.2, 0.25) is 0 Å². The van der Waals surface area contributed by atoms with Gasteiger partial charge in [-0.25, -0.2) is 4.79 Å². The van der Waals surface area contributed by atoms with Gasteiger partial charge in [-0.2, -0.15) is 0 Å². The molecule has 1 amide bonds. The number of hydrogen-bond acceptors (Lipinski definition) is 5. The Morgan fingerprint density at radius 1 is 1.32 bits per heavy atom. The number of nitrogens with one attached hydrogen (secondary N) is 1. The van der Waals surface area contributed by atoms with E-state index in [1.807, 2.05) is 0 Å². The molecule has 0 fully saturated rings. The fourth-order valence-corrected chi connectivity index (χ4v) is 2.32. The van der Waals surface area contributed by atoms with Crippen molar-refractivity contribution in [2.75, 3.05) is 12.4 Å². The third kappa shape index (κ3) is 3.69. The number of hydrogen-bond donors (Lipinski definition) is 2. The third-order valence-corrected chi connectivity index (χ3v) is 3.37. The van der Waals surface area contributed by atoms with Crippen LogP contribution in [0.1, 0.15) is 26.3 Å². The zero-order valence-electron chi connectivity index (χ0n) is 11.7. The first-order valence-electron chi connectivity index (χ1n) is 6.29. The SMILES string of the molecule is COC(=O)c1cc(Br)cc(C(=O)Nc2cnccc2CO)c1. The minimum atomic E-state index is -0.534. The van der Waals surface area contributed by atoms with Crippen LogP contribution < -0.4 is 5.32 Å². The molecule has 22 heavy (non-hydrogen) atoms. The van der Waals surface area contributed by atoms with E-state index in [1.165, 1.54) is 25.6 Å². The molecule has 7 heteroatoms. The Balaban J connectivity index is 2.30. The van der Waals surface area contributed by atoms with Crippen LogP contribution in [0.3, 0.4) is 0 Å². The minimum Gasteiger partial charge on any atom is -0.465 e. The van der Waals surface area contributed by atoms with Crippen molar-refractivity contribution in [3.05, 3.63) is 57.8 Å². The zero-order valence-corrected chi connectivity index (χ0v) is 13.3. The van der Waals surface area contributed by atoms with Gasteiger partial charge < -0.3 is 15.2 Å². The number of carbonyl (C=O) groups is 2. The van der Waals surface area contributed by atoms with Crippen molar-refractivity contribution < 1.29 is 19.4 Å². The number of halogens is 1. The van der Waals surface area contributed by atoms with Gasteiger partial charge in [0, 0.05) is 21.8 Å². The lowest BCUT2D eigenvalue weighted by Crippen LogP contribution is -2.15. The molecule has 0 spiro atoms. The summed E-state index contributed by atoms with van der Waals surface area (Å²) in [5.41, 5.74) is 1.50. The number of ether oxygens (including phenoxy) is 1. The van der Waals surface area contributed by atoms with Crippen molar-refractivity contribution >= 4 is 33.5 Å². The molecule has 0 aliphatic heterocycles. The number of aromatic nitrogens is 1. The number of benzene rings is 1. The largest absolute Gasteiger partial charge is 0.465 e. The number of esters is 1. The van der Waals surface area contributed by atoms with Crippen LogP contribution in [-0.4, -0.2) is 29.1 Å². The Morgan fingerprint density at radius 2 is 2.05 bits per heavy atom. The highest BCUT2D eigenvalue weighted by Crippen LogP contribution is 2.19. The van der Waals surface area contributed by atoms with Crippen molar-refractivity contribution in [2.24, 2.45) is 0 Å². The van der Waals surface area contributed by atoms with Crippen LogP contribution in [0.5, 0.6) is 0 Å². The van der Waals surface area contributed by atoms with Gasteiger partial charge in [-0.05, 0) is 24.3 Å². The molecule has 1 aromatic carbocycles. The van der Waals surface area contributed by atoms with Gasteiger partial charge in [0.1, 0.15) is 0 Å². The average molecular weight is 365 g/mol. The molecule has 1 heterocycles. The highest BCUT2D eigenvalue weighted by Gasteiger charge is 2.14. The molecular weight excluding hydrogens is 352 g/mol. The van der Waals surface area contributed by atoms with Crippen molar-refractivity contribution in [3.8, 4) is 0 Å². The van der Waals surface area contributed by atoms with Crippen LogP contribution in [-0.2, 0) is 11.3 Å². The van der Waals surface area contributed by atoms with Crippen molar-refractivity contribution in [1.29, 1.82) is 0 Å². The van der Waals surface area contributed by atoms with Crippen LogP contribution >= 0.6 is 15.9 Å². The molecule has 0 saturated heterocycles. The first kappa shape index (κ1) is 16.1. The average Bonchev–Trinajstić information content (AvgIpc) is 2.53. The maximum atomic E-state index is 12.3. The normalized spacial score (nSPS) is 10.1. The second-order valence-electron chi connectivity index (χ2n) is 4.37. The minimum absolute atomic E-state index is 0.218. The molecular formula is C15H13BrN2O4. The van der Waals surface area contributed by atoms with E-state index in [9.17, 15) is 14.7 Å². The maximum absolute atomic E-state index is 12.3. The number of methoxy groups -OCH3 is 1. The lowest BCUT2D eigenvalue weighted by molar-refractivity contribution is 0.0600. The smallest absolute Gasteiger partial charge is 0.337 e. The zero-order chi connectivity index (χ0) is 16.1. The monoisotopic (exact) mass is 364 g/mol. The third-order valence-electron chi connectivity index (χ3n) is 2.91. The van der Waals surface area contributed by atoms with Gasteiger partial charge >= 0.3 is 5.97 Å². The molecule has 0 unspecified atom stereocenters. The number of carbonyl (C=O) groups excluding carboxylic acids is 2. The van der Waals surface area contributed by atoms with E-state index in [4.69, 9.17) is 0 Å². The van der Waals surface area contributed by atoms with E-state index in [2.05, 4.69) is 31.0 Å². The Morgan fingerprint density at radius 3 is 2.73 bits per heavy atom. The van der Waals surface area contributed by atoms with Crippen LogP contribution in [0.25, 0.3) is 0 Å². The lowest BCUT2D eigenvalue weighted by atomic mass is 10.1. The summed E-state index contributed by atoms with van der Waals surface area (Å²) in [6.07, 6.45) is 2.97. The molecule has 2 aromatic rings. The predicted molar refractivity (Wildman–Crippen MR) is 83.6 cm³/mol. The van der Waals surface area contributed by atoms with Crippen molar-refractivity contribution in [2.45, 2.75) is 6.61 Å². The molecule has 6 nitrogen and oxygen atoms in total. The highest BCUT2D eigenvalue weighted by atomic mass is 79.9. The topological polar surface area (TPSA) is 88.5 Å². The summed E-state index contributed by atoms with van der Waals surface area (Å²) in [6, 6.07) is 6.18. The first-order valence-corrected chi connectivity index (χ1v) is 7.08. The summed E-state index contributed by atoms with van der Waals surface area (Å²) in [5, 5.41) is 11.9. The van der Waals surface area contributed by atoms with Crippen LogP contribution in [0, 0.1) is 0 Å². The number of nitrogens with zero attached hydrogens (tertiary/aromatic N) is 1. The summed E-state index contributed by atoms with van der Waals surface area (Å²) < 4.78 is 5.22. The number of aliphatic hydroxyl groups is 1. The van der Waals surface area contributed by atoms with E-state index in [0.29, 0.717) is 15.7 Å². The molecule has 1 aromatic heterocycles. The highest BCUT2D eigenvalue weighted by molar-refractivity contribution is 9.10. The fraction of sp³-hybridized carbons (Fsp3) is 0.133. The fourth-order valence-electron chi connectivity index (χ4n) is 1.82. The summed E-state index contributed by atoms with van der Waals surface area (Å²) in [4.78, 5) is 27.8. The van der Waals surface area contributed by atoms with Gasteiger partial charge in [-0.15, -0.1) is 0 Å². The number of rotatable bonds is 4. The number of anilines is 1. The Hall–Kier alpha value is -2.25. The summed E-state index contributed by atoms with van der Waals surface area (Å²) in [6.45, 7) is -0.218. The van der Waals surface area contributed by atoms with Gasteiger partial charge in [0.05, 0.1) is 31.2 Å². The standard InChI is InChI=1S/C15H13BrN2O4/c1-22-15(21)11-4-10(5-12(16)6-11)14(20)18-13-7-17-3-2-9(13)8-19/h2-7,19H,8H2,1H3,(H,18,20).